The number of ether oxygens (including phenoxy) is 2. The van der Waals surface area contributed by atoms with E-state index in [0.29, 0.717) is 0 Å². The van der Waals surface area contributed by atoms with E-state index in [4.69, 9.17) is 9.47 Å². The maximum Gasteiger partial charge on any atom is 0.193 e. The zero-order valence-electron chi connectivity index (χ0n) is 17.2. The number of piperidine rings is 1. The Morgan fingerprint density at radius 1 is 1.04 bits per heavy atom. The lowest BCUT2D eigenvalue weighted by Crippen LogP contribution is -2.53. The summed E-state index contributed by atoms with van der Waals surface area (Å²) in [5, 5.41) is 3.56. The fourth-order valence-electron chi connectivity index (χ4n) is 4.47. The van der Waals surface area contributed by atoms with Gasteiger partial charge in [-0.25, -0.2) is 0 Å². The fraction of sp³-hybridized carbons (Fsp3) is 0.950. The molecule has 3 heterocycles. The van der Waals surface area contributed by atoms with Crippen LogP contribution in [0.4, 0.5) is 0 Å². The third-order valence-corrected chi connectivity index (χ3v) is 5.91. The Kier molecular flexibility index (Phi) is 10.7. The molecule has 0 aliphatic carbocycles. The van der Waals surface area contributed by atoms with Crippen molar-refractivity contribution >= 4 is 29.9 Å². The van der Waals surface area contributed by atoms with Gasteiger partial charge in [0.05, 0.1) is 12.7 Å². The second kappa shape index (κ2) is 12.4. The van der Waals surface area contributed by atoms with Crippen LogP contribution in [0.1, 0.15) is 45.4 Å². The Morgan fingerprint density at radius 3 is 2.63 bits per heavy atom. The van der Waals surface area contributed by atoms with Gasteiger partial charge in [-0.3, -0.25) is 4.99 Å². The number of nitrogens with one attached hydrogen (secondary N) is 1. The molecule has 0 aromatic heterocycles. The molecule has 0 amide bonds. The van der Waals surface area contributed by atoms with Gasteiger partial charge in [0, 0.05) is 39.8 Å². The number of aliphatic imine (C=N–C) groups is 1. The van der Waals surface area contributed by atoms with Gasteiger partial charge >= 0.3 is 0 Å². The van der Waals surface area contributed by atoms with Gasteiger partial charge in [0.15, 0.2) is 5.96 Å². The highest BCUT2D eigenvalue weighted by molar-refractivity contribution is 14.0. The minimum atomic E-state index is 0. The second-order valence-corrected chi connectivity index (χ2v) is 8.14. The van der Waals surface area contributed by atoms with Crippen molar-refractivity contribution in [3.8, 4) is 0 Å². The summed E-state index contributed by atoms with van der Waals surface area (Å²) in [6.07, 6.45) is 7.97. The lowest BCUT2D eigenvalue weighted by Gasteiger charge is -2.37. The van der Waals surface area contributed by atoms with E-state index in [0.717, 1.165) is 57.6 Å². The van der Waals surface area contributed by atoms with E-state index in [1.807, 2.05) is 7.05 Å². The Hall–Kier alpha value is -0.120. The van der Waals surface area contributed by atoms with E-state index in [2.05, 4.69) is 27.0 Å². The van der Waals surface area contributed by atoms with Crippen LogP contribution in [0.15, 0.2) is 4.99 Å². The number of rotatable bonds is 6. The van der Waals surface area contributed by atoms with Crippen molar-refractivity contribution in [3.05, 3.63) is 0 Å². The average Bonchev–Trinajstić information content (AvgIpc) is 3.20. The van der Waals surface area contributed by atoms with Crippen LogP contribution in [-0.2, 0) is 9.47 Å². The largest absolute Gasteiger partial charge is 0.375 e. The number of hydrogen-bond donors (Lipinski definition) is 1. The zero-order chi connectivity index (χ0) is 18.2. The highest BCUT2D eigenvalue weighted by Crippen LogP contribution is 2.21. The first kappa shape index (κ1) is 23.2. The summed E-state index contributed by atoms with van der Waals surface area (Å²) in [7, 11) is 1.88. The predicted molar refractivity (Wildman–Crippen MR) is 121 cm³/mol. The summed E-state index contributed by atoms with van der Waals surface area (Å²) in [5.41, 5.74) is 0. The van der Waals surface area contributed by atoms with Crippen molar-refractivity contribution in [2.75, 3.05) is 59.5 Å². The van der Waals surface area contributed by atoms with Gasteiger partial charge in [-0.2, -0.15) is 0 Å². The van der Waals surface area contributed by atoms with E-state index in [-0.39, 0.29) is 36.2 Å². The highest BCUT2D eigenvalue weighted by Gasteiger charge is 2.32. The van der Waals surface area contributed by atoms with Crippen LogP contribution in [-0.4, -0.2) is 87.5 Å². The van der Waals surface area contributed by atoms with Gasteiger partial charge in [0.1, 0.15) is 6.10 Å². The molecule has 7 heteroatoms. The molecule has 3 rings (SSSR count). The average molecular weight is 494 g/mol. The first-order valence-electron chi connectivity index (χ1n) is 10.7. The van der Waals surface area contributed by atoms with E-state index in [1.54, 1.807) is 0 Å². The van der Waals surface area contributed by atoms with Gasteiger partial charge in [-0.1, -0.05) is 6.92 Å². The molecular formula is C20H39IN4O2. The molecule has 0 saturated carbocycles. The molecule has 3 saturated heterocycles. The molecule has 6 nitrogen and oxygen atoms in total. The van der Waals surface area contributed by atoms with Crippen molar-refractivity contribution < 1.29 is 9.47 Å². The number of hydrogen-bond acceptors (Lipinski definition) is 4. The number of likely N-dealkylation sites (tertiary alicyclic amines) is 1. The van der Waals surface area contributed by atoms with Crippen LogP contribution in [0.5, 0.6) is 0 Å². The number of morpholine rings is 1. The van der Waals surface area contributed by atoms with Gasteiger partial charge in [0.25, 0.3) is 0 Å². The zero-order valence-corrected chi connectivity index (χ0v) is 19.5. The highest BCUT2D eigenvalue weighted by atomic mass is 127. The molecule has 0 aromatic rings. The Bertz CT molecular complexity index is 446. The van der Waals surface area contributed by atoms with E-state index >= 15 is 0 Å². The Balaban J connectivity index is 0.00000261. The first-order chi connectivity index (χ1) is 12.8. The normalized spacial score (nSPS) is 30.2. The smallest absolute Gasteiger partial charge is 0.193 e. The molecule has 0 spiro atoms. The summed E-state index contributed by atoms with van der Waals surface area (Å²) in [4.78, 5) is 9.47. The molecule has 3 unspecified atom stereocenters. The van der Waals surface area contributed by atoms with Crippen LogP contribution in [0.25, 0.3) is 0 Å². The summed E-state index contributed by atoms with van der Waals surface area (Å²) < 4.78 is 11.8. The quantitative estimate of drug-likeness (QED) is 0.266. The lowest BCUT2D eigenvalue weighted by atomic mass is 10.0. The standard InChI is InChI=1S/C20H38N4O2.HI/c1-17-7-5-11-23(15-17)10-4-3-9-22-20(21-2)24-12-14-26-19(16-24)18-8-6-13-25-18;/h17-19H,3-16H2,1-2H3,(H,21,22);1H. The van der Waals surface area contributed by atoms with Crippen LogP contribution in [0.2, 0.25) is 0 Å². The summed E-state index contributed by atoms with van der Waals surface area (Å²) in [6, 6.07) is 0. The van der Waals surface area contributed by atoms with Gasteiger partial charge in [-0.05, 0) is 57.5 Å². The van der Waals surface area contributed by atoms with E-state index in [1.165, 1.54) is 45.3 Å². The van der Waals surface area contributed by atoms with Crippen LogP contribution in [0.3, 0.4) is 0 Å². The minimum Gasteiger partial charge on any atom is -0.375 e. The molecule has 27 heavy (non-hydrogen) atoms. The van der Waals surface area contributed by atoms with Crippen molar-refractivity contribution in [1.82, 2.24) is 15.1 Å². The monoisotopic (exact) mass is 494 g/mol. The van der Waals surface area contributed by atoms with Gasteiger partial charge in [-0.15, -0.1) is 24.0 Å². The Morgan fingerprint density at radius 2 is 1.89 bits per heavy atom. The van der Waals surface area contributed by atoms with Gasteiger partial charge < -0.3 is 24.6 Å². The predicted octanol–water partition coefficient (Wildman–Crippen LogP) is 2.57. The summed E-state index contributed by atoms with van der Waals surface area (Å²) in [6.45, 7) is 10.6. The van der Waals surface area contributed by atoms with Crippen molar-refractivity contribution in [1.29, 1.82) is 0 Å². The van der Waals surface area contributed by atoms with Crippen LogP contribution in [0, 0.1) is 5.92 Å². The molecule has 3 aliphatic rings. The van der Waals surface area contributed by atoms with Crippen LogP contribution < -0.4 is 5.32 Å². The lowest BCUT2D eigenvalue weighted by molar-refractivity contribution is -0.0816. The molecule has 3 atom stereocenters. The first-order valence-corrected chi connectivity index (χ1v) is 10.7. The number of halogens is 1. The molecule has 3 fully saturated rings. The molecule has 158 valence electrons. The van der Waals surface area contributed by atoms with E-state index in [9.17, 15) is 0 Å². The Labute approximate surface area is 182 Å². The maximum atomic E-state index is 5.95. The second-order valence-electron chi connectivity index (χ2n) is 8.14. The minimum absolute atomic E-state index is 0. The number of nitrogens with zero attached hydrogens (tertiary/aromatic N) is 3. The fourth-order valence-corrected chi connectivity index (χ4v) is 4.47. The molecule has 0 aromatic carbocycles. The van der Waals surface area contributed by atoms with Crippen molar-refractivity contribution in [2.45, 2.75) is 57.7 Å². The maximum absolute atomic E-state index is 5.95. The van der Waals surface area contributed by atoms with E-state index < -0.39 is 0 Å². The third-order valence-electron chi connectivity index (χ3n) is 5.91. The van der Waals surface area contributed by atoms with Crippen molar-refractivity contribution in [2.24, 2.45) is 10.9 Å². The third kappa shape index (κ3) is 7.33. The number of unbranched alkanes of at least 4 members (excludes halogenated alkanes) is 1. The molecule has 1 N–H and O–H groups in total. The molecule has 0 radical (unpaired) electrons. The molecule has 0 bridgehead atoms. The van der Waals surface area contributed by atoms with Gasteiger partial charge in [0.2, 0.25) is 0 Å². The van der Waals surface area contributed by atoms with Crippen molar-refractivity contribution in [3.63, 3.8) is 0 Å². The molecular weight excluding hydrogens is 455 g/mol. The molecule has 3 aliphatic heterocycles. The SMILES string of the molecule is CN=C(NCCCCN1CCCC(C)C1)N1CCOC(C2CCCO2)C1.I. The van der Waals surface area contributed by atoms with Crippen LogP contribution >= 0.6 is 24.0 Å². The summed E-state index contributed by atoms with van der Waals surface area (Å²) >= 11 is 0. The topological polar surface area (TPSA) is 49.3 Å². The summed E-state index contributed by atoms with van der Waals surface area (Å²) in [5.74, 6) is 1.89. The number of guanidine groups is 1.